The van der Waals surface area contributed by atoms with E-state index >= 15 is 0 Å². The SMILES string of the molecule is CN(C)N(CC(=O)NC(C)(C)C)C(=O)c1ccc(-c2noc(C(F)(F)F)n2)cc1. The Bertz CT molecular complexity index is 870. The maximum absolute atomic E-state index is 12.8. The van der Waals surface area contributed by atoms with Crippen LogP contribution in [0.1, 0.15) is 37.0 Å². The number of carbonyl (C=O) groups is 2. The van der Waals surface area contributed by atoms with Crippen molar-refractivity contribution in [2.45, 2.75) is 32.5 Å². The summed E-state index contributed by atoms with van der Waals surface area (Å²) in [6.07, 6.45) is -4.74. The molecule has 2 amide bonds. The van der Waals surface area contributed by atoms with Crippen molar-refractivity contribution in [2.75, 3.05) is 20.6 Å². The van der Waals surface area contributed by atoms with Crippen LogP contribution in [-0.4, -0.2) is 58.2 Å². The van der Waals surface area contributed by atoms with Gasteiger partial charge in [0.1, 0.15) is 6.54 Å². The minimum Gasteiger partial charge on any atom is -0.350 e. The third-order valence-corrected chi connectivity index (χ3v) is 3.58. The molecule has 0 saturated heterocycles. The van der Waals surface area contributed by atoms with Crippen LogP contribution >= 0.6 is 0 Å². The van der Waals surface area contributed by atoms with Gasteiger partial charge in [0, 0.05) is 30.8 Å². The van der Waals surface area contributed by atoms with Crippen LogP contribution in [0.5, 0.6) is 0 Å². The minimum atomic E-state index is -4.74. The fraction of sp³-hybridized carbons (Fsp3) is 0.444. The number of nitrogens with zero attached hydrogens (tertiary/aromatic N) is 4. The second-order valence-corrected chi connectivity index (χ2v) is 7.51. The molecule has 29 heavy (non-hydrogen) atoms. The normalized spacial score (nSPS) is 12.2. The summed E-state index contributed by atoms with van der Waals surface area (Å²) in [4.78, 5) is 28.3. The molecule has 0 fully saturated rings. The van der Waals surface area contributed by atoms with Gasteiger partial charge >= 0.3 is 12.1 Å². The molecule has 158 valence electrons. The maximum atomic E-state index is 12.8. The van der Waals surface area contributed by atoms with E-state index in [1.54, 1.807) is 14.1 Å². The molecule has 1 heterocycles. The van der Waals surface area contributed by atoms with Gasteiger partial charge in [-0.05, 0) is 32.9 Å². The molecule has 0 atom stereocenters. The Labute approximate surface area is 165 Å². The summed E-state index contributed by atoms with van der Waals surface area (Å²) in [5, 5.41) is 8.80. The van der Waals surface area contributed by atoms with Crippen molar-refractivity contribution < 1.29 is 27.3 Å². The first-order chi connectivity index (χ1) is 13.3. The first kappa shape index (κ1) is 22.3. The third kappa shape index (κ3) is 6.01. The molecule has 1 aromatic carbocycles. The standard InChI is InChI=1S/C18H22F3N5O3/c1-17(2,3)23-13(27)10-26(25(4)5)15(28)12-8-6-11(7-9-12)14-22-16(29-24-14)18(19,20)21/h6-9H,10H2,1-5H3,(H,23,27). The second kappa shape index (κ2) is 8.19. The molecule has 0 bridgehead atoms. The van der Waals surface area contributed by atoms with Crippen molar-refractivity contribution in [1.29, 1.82) is 0 Å². The van der Waals surface area contributed by atoms with Crippen molar-refractivity contribution in [1.82, 2.24) is 25.5 Å². The van der Waals surface area contributed by atoms with E-state index in [0.29, 0.717) is 0 Å². The molecule has 1 N–H and O–H groups in total. The van der Waals surface area contributed by atoms with Gasteiger partial charge < -0.3 is 9.84 Å². The number of alkyl halides is 3. The van der Waals surface area contributed by atoms with Gasteiger partial charge in [0.15, 0.2) is 0 Å². The Kier molecular flexibility index (Phi) is 6.31. The van der Waals surface area contributed by atoms with Gasteiger partial charge in [0.2, 0.25) is 11.7 Å². The Balaban J connectivity index is 2.17. The average Bonchev–Trinajstić information content (AvgIpc) is 3.08. The fourth-order valence-corrected chi connectivity index (χ4v) is 2.36. The van der Waals surface area contributed by atoms with Crippen molar-refractivity contribution in [3.05, 3.63) is 35.7 Å². The number of carbonyl (C=O) groups excluding carboxylic acids is 2. The number of hydrazine groups is 1. The van der Waals surface area contributed by atoms with Crippen molar-refractivity contribution in [2.24, 2.45) is 0 Å². The van der Waals surface area contributed by atoms with Crippen LogP contribution < -0.4 is 5.32 Å². The van der Waals surface area contributed by atoms with E-state index in [9.17, 15) is 22.8 Å². The van der Waals surface area contributed by atoms with Gasteiger partial charge in [-0.15, -0.1) is 0 Å². The van der Waals surface area contributed by atoms with Gasteiger partial charge in [-0.1, -0.05) is 17.3 Å². The molecule has 0 aliphatic heterocycles. The molecule has 1 aromatic heterocycles. The van der Waals surface area contributed by atoms with Gasteiger partial charge in [0.25, 0.3) is 5.91 Å². The Morgan fingerprint density at radius 2 is 1.69 bits per heavy atom. The lowest BCUT2D eigenvalue weighted by molar-refractivity contribution is -0.159. The van der Waals surface area contributed by atoms with E-state index in [1.807, 2.05) is 20.8 Å². The summed E-state index contributed by atoms with van der Waals surface area (Å²) in [6.45, 7) is 5.29. The average molecular weight is 413 g/mol. The lowest BCUT2D eigenvalue weighted by Gasteiger charge is -2.30. The van der Waals surface area contributed by atoms with Gasteiger partial charge in [-0.3, -0.25) is 14.6 Å². The first-order valence-corrected chi connectivity index (χ1v) is 8.59. The van der Waals surface area contributed by atoms with Crippen LogP contribution in [0, 0.1) is 0 Å². The zero-order valence-electron chi connectivity index (χ0n) is 16.7. The summed E-state index contributed by atoms with van der Waals surface area (Å²) in [5.74, 6) is -2.47. The molecule has 0 spiro atoms. The lowest BCUT2D eigenvalue weighted by atomic mass is 10.1. The predicted molar refractivity (Wildman–Crippen MR) is 97.4 cm³/mol. The van der Waals surface area contributed by atoms with Crippen molar-refractivity contribution >= 4 is 11.8 Å². The molecule has 0 saturated carbocycles. The highest BCUT2D eigenvalue weighted by Gasteiger charge is 2.38. The van der Waals surface area contributed by atoms with Gasteiger partial charge in [-0.25, -0.2) is 5.01 Å². The summed E-state index contributed by atoms with van der Waals surface area (Å²) < 4.78 is 41.9. The predicted octanol–water partition coefficient (Wildman–Crippen LogP) is 2.59. The monoisotopic (exact) mass is 413 g/mol. The molecule has 0 aliphatic rings. The number of hydrogen-bond donors (Lipinski definition) is 1. The Morgan fingerprint density at radius 1 is 1.10 bits per heavy atom. The zero-order chi connectivity index (χ0) is 22.0. The highest BCUT2D eigenvalue weighted by atomic mass is 19.4. The molecular formula is C18H22F3N5O3. The van der Waals surface area contributed by atoms with Crippen LogP contribution in [0.2, 0.25) is 0 Å². The van der Waals surface area contributed by atoms with Crippen molar-refractivity contribution in [3.8, 4) is 11.4 Å². The number of aromatic nitrogens is 2. The number of amides is 2. The summed E-state index contributed by atoms with van der Waals surface area (Å²) in [7, 11) is 3.24. The fourth-order valence-electron chi connectivity index (χ4n) is 2.36. The van der Waals surface area contributed by atoms with Crippen molar-refractivity contribution in [3.63, 3.8) is 0 Å². The number of rotatable bonds is 5. The number of benzene rings is 1. The molecule has 0 aliphatic carbocycles. The molecule has 2 rings (SSSR count). The smallest absolute Gasteiger partial charge is 0.350 e. The summed E-state index contributed by atoms with van der Waals surface area (Å²) in [6, 6.07) is 5.64. The highest BCUT2D eigenvalue weighted by Crippen LogP contribution is 2.29. The molecule has 2 aromatic rings. The minimum absolute atomic E-state index is 0.190. The van der Waals surface area contributed by atoms with E-state index in [2.05, 4.69) is 20.0 Å². The van der Waals surface area contributed by atoms with Crippen LogP contribution in [0.4, 0.5) is 13.2 Å². The highest BCUT2D eigenvalue weighted by molar-refractivity contribution is 5.96. The van der Waals surface area contributed by atoms with E-state index in [1.165, 1.54) is 34.3 Å². The molecule has 11 heteroatoms. The summed E-state index contributed by atoms with van der Waals surface area (Å²) in [5.41, 5.74) is 0.0489. The Morgan fingerprint density at radius 3 is 2.14 bits per heavy atom. The van der Waals surface area contributed by atoms with E-state index in [4.69, 9.17) is 0 Å². The van der Waals surface area contributed by atoms with Crippen LogP contribution in [0.25, 0.3) is 11.4 Å². The number of halogens is 3. The maximum Gasteiger partial charge on any atom is 0.471 e. The third-order valence-electron chi connectivity index (χ3n) is 3.58. The van der Waals surface area contributed by atoms with Crippen LogP contribution in [-0.2, 0) is 11.0 Å². The van der Waals surface area contributed by atoms with Crippen LogP contribution in [0.15, 0.2) is 28.8 Å². The van der Waals surface area contributed by atoms with E-state index in [0.717, 1.165) is 0 Å². The zero-order valence-corrected chi connectivity index (χ0v) is 16.7. The summed E-state index contributed by atoms with van der Waals surface area (Å²) >= 11 is 0. The van der Waals surface area contributed by atoms with Gasteiger partial charge in [-0.2, -0.15) is 18.2 Å². The molecule has 0 unspecified atom stereocenters. The topological polar surface area (TPSA) is 91.6 Å². The molecular weight excluding hydrogens is 391 g/mol. The first-order valence-electron chi connectivity index (χ1n) is 8.59. The van der Waals surface area contributed by atoms with Gasteiger partial charge in [0.05, 0.1) is 0 Å². The van der Waals surface area contributed by atoms with E-state index in [-0.39, 0.29) is 29.4 Å². The van der Waals surface area contributed by atoms with E-state index < -0.39 is 23.5 Å². The number of nitrogens with one attached hydrogen (secondary N) is 1. The quantitative estimate of drug-likeness (QED) is 0.758. The lowest BCUT2D eigenvalue weighted by Crippen LogP contribution is -2.51. The van der Waals surface area contributed by atoms with Crippen LogP contribution in [0.3, 0.4) is 0 Å². The molecule has 0 radical (unpaired) electrons. The number of hydrogen-bond acceptors (Lipinski definition) is 6. The largest absolute Gasteiger partial charge is 0.471 e. The molecule has 8 nitrogen and oxygen atoms in total. The second-order valence-electron chi connectivity index (χ2n) is 7.51. The Hall–Kier alpha value is -2.95.